The topological polar surface area (TPSA) is 55.1 Å². The van der Waals surface area contributed by atoms with Crippen molar-refractivity contribution in [3.05, 3.63) is 35.1 Å². The highest BCUT2D eigenvalue weighted by atomic mass is 19.1. The van der Waals surface area contributed by atoms with Crippen molar-refractivity contribution >= 4 is 5.91 Å². The summed E-state index contributed by atoms with van der Waals surface area (Å²) >= 11 is 0. The van der Waals surface area contributed by atoms with Crippen LogP contribution in [0.3, 0.4) is 0 Å². The summed E-state index contributed by atoms with van der Waals surface area (Å²) in [5.41, 5.74) is 6.08. The number of hydrogen-bond donors (Lipinski definition) is 2. The maximum Gasteiger partial charge on any atom is 0.254 e. The third-order valence-corrected chi connectivity index (χ3v) is 2.94. The quantitative estimate of drug-likeness (QED) is 0.846. The minimum absolute atomic E-state index is 0.0544. The van der Waals surface area contributed by atoms with Gasteiger partial charge in [-0.05, 0) is 39.8 Å². The summed E-state index contributed by atoms with van der Waals surface area (Å²) < 4.78 is 13.5. The van der Waals surface area contributed by atoms with E-state index >= 15 is 0 Å². The van der Waals surface area contributed by atoms with E-state index in [9.17, 15) is 9.18 Å². The molecule has 0 bridgehead atoms. The Hall–Kier alpha value is -1.42. The molecule has 0 spiro atoms. The minimum atomic E-state index is -0.576. The normalized spacial score (nSPS) is 13.3. The van der Waals surface area contributed by atoms with Crippen molar-refractivity contribution in [2.24, 2.45) is 5.73 Å². The zero-order chi connectivity index (χ0) is 13.2. The number of rotatable bonds is 3. The van der Waals surface area contributed by atoms with Crippen molar-refractivity contribution < 1.29 is 9.18 Å². The van der Waals surface area contributed by atoms with E-state index in [0.29, 0.717) is 0 Å². The fourth-order valence-corrected chi connectivity index (χ4v) is 1.29. The number of nitrogens with two attached hydrogens (primary N) is 1. The fraction of sp³-hybridized carbons (Fsp3) is 0.462. The van der Waals surface area contributed by atoms with E-state index in [1.54, 1.807) is 13.0 Å². The lowest BCUT2D eigenvalue weighted by Gasteiger charge is -2.30. The van der Waals surface area contributed by atoms with Gasteiger partial charge >= 0.3 is 0 Å². The van der Waals surface area contributed by atoms with E-state index < -0.39 is 17.3 Å². The van der Waals surface area contributed by atoms with Gasteiger partial charge in [0.2, 0.25) is 0 Å². The second-order valence-electron chi connectivity index (χ2n) is 4.95. The molecule has 0 aliphatic heterocycles. The predicted molar refractivity (Wildman–Crippen MR) is 66.3 cm³/mol. The summed E-state index contributed by atoms with van der Waals surface area (Å²) in [6.07, 6.45) is 0. The smallest absolute Gasteiger partial charge is 0.254 e. The van der Waals surface area contributed by atoms with Crippen LogP contribution in [0.5, 0.6) is 0 Å². The molecule has 0 fully saturated rings. The SMILES string of the molecule is Cc1ccc(F)c(C(=O)NC(C)(C)C(C)N)c1. The number of aryl methyl sites for hydroxylation is 1. The molecule has 4 heteroatoms. The lowest BCUT2D eigenvalue weighted by molar-refractivity contribution is 0.0899. The number of amides is 1. The maximum atomic E-state index is 13.5. The van der Waals surface area contributed by atoms with Gasteiger partial charge in [-0.15, -0.1) is 0 Å². The van der Waals surface area contributed by atoms with Crippen LogP contribution in [0.4, 0.5) is 4.39 Å². The van der Waals surface area contributed by atoms with Gasteiger partial charge in [-0.2, -0.15) is 0 Å². The standard InChI is InChI=1S/C13H19FN2O/c1-8-5-6-11(14)10(7-8)12(17)16-13(3,4)9(2)15/h5-7,9H,15H2,1-4H3,(H,16,17). The first kappa shape index (κ1) is 13.6. The number of nitrogens with one attached hydrogen (secondary N) is 1. The average molecular weight is 238 g/mol. The van der Waals surface area contributed by atoms with Crippen molar-refractivity contribution in [2.75, 3.05) is 0 Å². The van der Waals surface area contributed by atoms with Crippen LogP contribution in [0.15, 0.2) is 18.2 Å². The Morgan fingerprint density at radius 1 is 1.47 bits per heavy atom. The number of benzene rings is 1. The van der Waals surface area contributed by atoms with Crippen LogP contribution >= 0.6 is 0 Å². The van der Waals surface area contributed by atoms with Crippen molar-refractivity contribution in [1.29, 1.82) is 0 Å². The summed E-state index contributed by atoms with van der Waals surface area (Å²) in [6, 6.07) is 4.23. The largest absolute Gasteiger partial charge is 0.346 e. The number of hydrogen-bond acceptors (Lipinski definition) is 2. The van der Waals surface area contributed by atoms with Crippen LogP contribution in [0.25, 0.3) is 0 Å². The minimum Gasteiger partial charge on any atom is -0.346 e. The number of carbonyl (C=O) groups is 1. The average Bonchev–Trinajstić information content (AvgIpc) is 2.20. The van der Waals surface area contributed by atoms with E-state index in [4.69, 9.17) is 5.73 Å². The maximum absolute atomic E-state index is 13.5. The zero-order valence-electron chi connectivity index (χ0n) is 10.7. The molecule has 1 amide bonds. The molecule has 0 heterocycles. The van der Waals surface area contributed by atoms with E-state index in [2.05, 4.69) is 5.32 Å². The molecule has 0 saturated carbocycles. The molecule has 3 N–H and O–H groups in total. The zero-order valence-corrected chi connectivity index (χ0v) is 10.7. The second-order valence-corrected chi connectivity index (χ2v) is 4.95. The van der Waals surface area contributed by atoms with E-state index in [1.807, 2.05) is 20.8 Å². The second kappa shape index (κ2) is 4.84. The summed E-state index contributed by atoms with van der Waals surface area (Å²) in [5.74, 6) is -0.956. The van der Waals surface area contributed by atoms with E-state index in [1.165, 1.54) is 12.1 Å². The molecule has 0 aliphatic carbocycles. The molecule has 1 aromatic rings. The fourth-order valence-electron chi connectivity index (χ4n) is 1.29. The number of carbonyl (C=O) groups excluding carboxylic acids is 1. The Bertz CT molecular complexity index is 427. The Balaban J connectivity index is 2.94. The van der Waals surface area contributed by atoms with Crippen LogP contribution in [0, 0.1) is 12.7 Å². The van der Waals surface area contributed by atoms with Crippen LogP contribution in [0.1, 0.15) is 36.7 Å². The van der Waals surface area contributed by atoms with E-state index in [-0.39, 0.29) is 11.6 Å². The van der Waals surface area contributed by atoms with Gasteiger partial charge in [-0.25, -0.2) is 4.39 Å². The molecule has 0 radical (unpaired) electrons. The monoisotopic (exact) mass is 238 g/mol. The first-order chi connectivity index (χ1) is 7.74. The molecule has 1 aromatic carbocycles. The van der Waals surface area contributed by atoms with Gasteiger partial charge in [0.25, 0.3) is 5.91 Å². The van der Waals surface area contributed by atoms with Crippen molar-refractivity contribution in [2.45, 2.75) is 39.3 Å². The molecule has 0 saturated heterocycles. The van der Waals surface area contributed by atoms with Gasteiger partial charge < -0.3 is 11.1 Å². The summed E-state index contributed by atoms with van der Waals surface area (Å²) in [4.78, 5) is 11.9. The first-order valence-corrected chi connectivity index (χ1v) is 5.58. The lowest BCUT2D eigenvalue weighted by atomic mass is 9.96. The predicted octanol–water partition coefficient (Wildman–Crippen LogP) is 1.99. The van der Waals surface area contributed by atoms with Crippen LogP contribution in [0.2, 0.25) is 0 Å². The van der Waals surface area contributed by atoms with Crippen LogP contribution < -0.4 is 11.1 Å². The van der Waals surface area contributed by atoms with Crippen molar-refractivity contribution in [3.63, 3.8) is 0 Å². The Kier molecular flexibility index (Phi) is 3.88. The van der Waals surface area contributed by atoms with Gasteiger partial charge in [-0.3, -0.25) is 4.79 Å². The summed E-state index contributed by atoms with van der Waals surface area (Å²) in [5, 5.41) is 2.74. The highest BCUT2D eigenvalue weighted by molar-refractivity contribution is 5.95. The number of halogens is 1. The first-order valence-electron chi connectivity index (χ1n) is 5.58. The molecule has 0 aliphatic rings. The third-order valence-electron chi connectivity index (χ3n) is 2.94. The molecular formula is C13H19FN2O. The van der Waals surface area contributed by atoms with Crippen molar-refractivity contribution in [1.82, 2.24) is 5.32 Å². The highest BCUT2D eigenvalue weighted by Gasteiger charge is 2.26. The molecule has 1 rings (SSSR count). The van der Waals surface area contributed by atoms with Crippen molar-refractivity contribution in [3.8, 4) is 0 Å². The molecular weight excluding hydrogens is 219 g/mol. The Morgan fingerprint density at radius 3 is 2.59 bits per heavy atom. The van der Waals surface area contributed by atoms with Gasteiger partial charge in [0.05, 0.1) is 5.56 Å². The lowest BCUT2D eigenvalue weighted by Crippen LogP contribution is -2.54. The van der Waals surface area contributed by atoms with Crippen LogP contribution in [-0.2, 0) is 0 Å². The highest BCUT2D eigenvalue weighted by Crippen LogP contribution is 2.13. The molecule has 0 aromatic heterocycles. The molecule has 1 atom stereocenters. The Morgan fingerprint density at radius 2 is 2.06 bits per heavy atom. The summed E-state index contributed by atoms with van der Waals surface area (Å²) in [6.45, 7) is 7.23. The van der Waals surface area contributed by atoms with Gasteiger partial charge in [-0.1, -0.05) is 11.6 Å². The van der Waals surface area contributed by atoms with Gasteiger partial charge in [0, 0.05) is 11.6 Å². The molecule has 94 valence electrons. The van der Waals surface area contributed by atoms with Gasteiger partial charge in [0.15, 0.2) is 0 Å². The van der Waals surface area contributed by atoms with Gasteiger partial charge in [0.1, 0.15) is 5.82 Å². The Labute approximate surface area is 101 Å². The molecule has 1 unspecified atom stereocenters. The summed E-state index contributed by atoms with van der Waals surface area (Å²) in [7, 11) is 0. The third kappa shape index (κ3) is 3.27. The molecule has 17 heavy (non-hydrogen) atoms. The van der Waals surface area contributed by atoms with Crippen LogP contribution in [-0.4, -0.2) is 17.5 Å². The van der Waals surface area contributed by atoms with E-state index in [0.717, 1.165) is 5.56 Å². The molecule has 3 nitrogen and oxygen atoms in total.